The van der Waals surface area contributed by atoms with Crippen LogP contribution in [0.4, 0.5) is 0 Å². The Labute approximate surface area is 173 Å². The maximum absolute atomic E-state index is 10.2. The van der Waals surface area contributed by atoms with Gasteiger partial charge in [0.2, 0.25) is 0 Å². The van der Waals surface area contributed by atoms with Crippen LogP contribution in [-0.2, 0) is 16.7 Å². The first kappa shape index (κ1) is 19.4. The molecule has 6 nitrogen and oxygen atoms in total. The van der Waals surface area contributed by atoms with Crippen LogP contribution < -0.4 is 9.47 Å². The van der Waals surface area contributed by atoms with E-state index < -0.39 is 6.10 Å². The summed E-state index contributed by atoms with van der Waals surface area (Å²) in [6.07, 6.45) is 5.44. The second-order valence-electron chi connectivity index (χ2n) is 9.37. The number of aliphatic hydroxyl groups excluding tert-OH is 1. The number of ether oxygens (including phenoxy) is 3. The van der Waals surface area contributed by atoms with Crippen LogP contribution >= 0.6 is 0 Å². The number of rotatable bonds is 4. The van der Waals surface area contributed by atoms with Gasteiger partial charge in [-0.3, -0.25) is 4.90 Å². The molecule has 0 aromatic heterocycles. The van der Waals surface area contributed by atoms with Crippen molar-refractivity contribution in [1.82, 2.24) is 4.90 Å². The van der Waals surface area contributed by atoms with E-state index in [2.05, 4.69) is 30.2 Å². The van der Waals surface area contributed by atoms with E-state index in [-0.39, 0.29) is 11.5 Å². The van der Waals surface area contributed by atoms with Crippen LogP contribution in [0.25, 0.3) is 0 Å². The van der Waals surface area contributed by atoms with Gasteiger partial charge in [-0.05, 0) is 12.1 Å². The van der Waals surface area contributed by atoms with E-state index in [0.717, 1.165) is 74.9 Å². The minimum atomic E-state index is -0.431. The summed E-state index contributed by atoms with van der Waals surface area (Å²) < 4.78 is 18.6. The van der Waals surface area contributed by atoms with Gasteiger partial charge in [0.25, 0.3) is 0 Å². The molecule has 0 radical (unpaired) electrons. The van der Waals surface area contributed by atoms with E-state index >= 15 is 0 Å². The first-order valence-electron chi connectivity index (χ1n) is 10.9. The van der Waals surface area contributed by atoms with E-state index in [1.54, 1.807) is 7.11 Å². The van der Waals surface area contributed by atoms with E-state index in [1.807, 2.05) is 6.08 Å². The average molecular weight is 402 g/mol. The molecular formula is C23H33N2O4+. The Morgan fingerprint density at radius 2 is 2.14 bits per heavy atom. The molecule has 3 heterocycles. The summed E-state index contributed by atoms with van der Waals surface area (Å²) >= 11 is 0. The first-order valence-corrected chi connectivity index (χ1v) is 10.9. The van der Waals surface area contributed by atoms with E-state index in [4.69, 9.17) is 14.2 Å². The third-order valence-electron chi connectivity index (χ3n) is 7.48. The molecule has 29 heavy (non-hydrogen) atoms. The third-order valence-corrected chi connectivity index (χ3v) is 7.48. The van der Waals surface area contributed by atoms with Gasteiger partial charge in [0.15, 0.2) is 11.5 Å². The number of benzene rings is 1. The van der Waals surface area contributed by atoms with Gasteiger partial charge in [-0.25, -0.2) is 0 Å². The molecule has 0 amide bonds. The first-order chi connectivity index (χ1) is 14.0. The molecule has 1 aromatic rings. The summed E-state index contributed by atoms with van der Waals surface area (Å²) in [7, 11) is 4.10. The Hall–Kier alpha value is -1.60. The largest absolute Gasteiger partial charge is 0.493 e. The number of morpholine rings is 1. The van der Waals surface area contributed by atoms with Crippen molar-refractivity contribution in [2.24, 2.45) is 0 Å². The lowest BCUT2D eigenvalue weighted by molar-refractivity contribution is -0.922. The van der Waals surface area contributed by atoms with Crippen LogP contribution in [0.1, 0.15) is 24.0 Å². The molecule has 1 aromatic carbocycles. The van der Waals surface area contributed by atoms with Crippen LogP contribution in [0, 0.1) is 0 Å². The topological polar surface area (TPSA) is 51.2 Å². The standard InChI is InChI=1S/C23H33N2O4/c1-25(12-8-24-9-13-28-14-10-24)11-7-23-6-5-18(26)15-20(23)29-22-19(27-2)4-3-17(16-25)21(22)23/h3-6,18,20,26H,7-16H2,1-2H3/q+1/t18-,20-,23+,25?/m0/s1. The highest BCUT2D eigenvalue weighted by Crippen LogP contribution is 2.56. The smallest absolute Gasteiger partial charge is 0.166 e. The van der Waals surface area contributed by atoms with Gasteiger partial charge >= 0.3 is 0 Å². The summed E-state index contributed by atoms with van der Waals surface area (Å²) in [5.41, 5.74) is 2.53. The van der Waals surface area contributed by atoms with Gasteiger partial charge in [-0.1, -0.05) is 12.2 Å². The molecule has 4 aliphatic rings. The Balaban J connectivity index is 1.48. The Morgan fingerprint density at radius 3 is 2.93 bits per heavy atom. The molecule has 1 unspecified atom stereocenters. The molecule has 6 heteroatoms. The van der Waals surface area contributed by atoms with Crippen LogP contribution in [0.3, 0.4) is 0 Å². The zero-order valence-electron chi connectivity index (χ0n) is 17.6. The zero-order chi connectivity index (χ0) is 20.1. The number of methoxy groups -OCH3 is 1. The highest BCUT2D eigenvalue weighted by molar-refractivity contribution is 5.60. The van der Waals surface area contributed by atoms with Gasteiger partial charge in [0.05, 0.1) is 52.0 Å². The highest BCUT2D eigenvalue weighted by Gasteiger charge is 2.54. The van der Waals surface area contributed by atoms with Crippen molar-refractivity contribution in [3.05, 3.63) is 35.4 Å². The second-order valence-corrected chi connectivity index (χ2v) is 9.37. The summed E-state index contributed by atoms with van der Waals surface area (Å²) in [5, 5.41) is 10.2. The second kappa shape index (κ2) is 7.27. The van der Waals surface area contributed by atoms with Crippen molar-refractivity contribution in [3.8, 4) is 11.5 Å². The lowest BCUT2D eigenvalue weighted by Gasteiger charge is -2.39. The molecule has 1 fully saturated rings. The van der Waals surface area contributed by atoms with Gasteiger partial charge in [0.1, 0.15) is 12.6 Å². The lowest BCUT2D eigenvalue weighted by atomic mass is 9.69. The van der Waals surface area contributed by atoms with Gasteiger partial charge in [-0.15, -0.1) is 0 Å². The number of nitrogens with zero attached hydrogens (tertiary/aromatic N) is 2. The minimum absolute atomic E-state index is 0.0154. The molecule has 3 aliphatic heterocycles. The van der Waals surface area contributed by atoms with Gasteiger partial charge in [-0.2, -0.15) is 0 Å². The number of aliphatic hydroxyl groups is 1. The van der Waals surface area contributed by atoms with Crippen LogP contribution in [0.2, 0.25) is 0 Å². The zero-order valence-corrected chi connectivity index (χ0v) is 17.6. The molecule has 5 rings (SSSR count). The average Bonchev–Trinajstić information content (AvgIpc) is 3.00. The number of likely N-dealkylation sites (N-methyl/N-ethyl adjacent to an activating group) is 1. The molecule has 1 aliphatic carbocycles. The van der Waals surface area contributed by atoms with Gasteiger partial charge < -0.3 is 23.8 Å². The van der Waals surface area contributed by atoms with Crippen LogP contribution in [0.15, 0.2) is 24.3 Å². The van der Waals surface area contributed by atoms with Crippen molar-refractivity contribution >= 4 is 0 Å². The predicted molar refractivity (Wildman–Crippen MR) is 110 cm³/mol. The lowest BCUT2D eigenvalue weighted by Crippen LogP contribution is -2.51. The van der Waals surface area contributed by atoms with E-state index in [9.17, 15) is 5.11 Å². The van der Waals surface area contributed by atoms with E-state index in [0.29, 0.717) is 6.42 Å². The summed E-state index contributed by atoms with van der Waals surface area (Å²) in [6.45, 7) is 8.13. The fourth-order valence-corrected chi connectivity index (χ4v) is 5.68. The maximum Gasteiger partial charge on any atom is 0.166 e. The fourth-order valence-electron chi connectivity index (χ4n) is 5.68. The molecule has 0 saturated carbocycles. The third kappa shape index (κ3) is 3.26. The fraction of sp³-hybridized carbons (Fsp3) is 0.652. The Kier molecular flexibility index (Phi) is 4.86. The van der Waals surface area contributed by atoms with Crippen molar-refractivity contribution in [2.75, 3.05) is 60.1 Å². The Morgan fingerprint density at radius 1 is 1.31 bits per heavy atom. The highest BCUT2D eigenvalue weighted by atomic mass is 16.5. The molecule has 1 spiro atoms. The summed E-state index contributed by atoms with van der Waals surface area (Å²) in [5.74, 6) is 1.71. The van der Waals surface area contributed by atoms with Gasteiger partial charge in [0, 0.05) is 43.6 Å². The SMILES string of the molecule is COc1ccc2c3c1O[C@H]1C[C@@H](O)C=C[C@]31CC[N+](C)(CCN1CCOCC1)C2. The van der Waals surface area contributed by atoms with E-state index in [1.165, 1.54) is 11.1 Å². The van der Waals surface area contributed by atoms with Crippen LogP contribution in [0.5, 0.6) is 11.5 Å². The molecule has 4 atom stereocenters. The minimum Gasteiger partial charge on any atom is -0.493 e. The summed E-state index contributed by atoms with van der Waals surface area (Å²) in [4.78, 5) is 2.53. The van der Waals surface area contributed by atoms with Crippen molar-refractivity contribution in [2.45, 2.75) is 37.0 Å². The monoisotopic (exact) mass is 401 g/mol. The maximum atomic E-state index is 10.2. The predicted octanol–water partition coefficient (Wildman–Crippen LogP) is 1.70. The van der Waals surface area contributed by atoms with Crippen molar-refractivity contribution in [3.63, 3.8) is 0 Å². The Bertz CT molecular complexity index is 806. The normalized spacial score (nSPS) is 36.1. The summed E-state index contributed by atoms with van der Waals surface area (Å²) in [6, 6.07) is 4.29. The molecule has 1 saturated heterocycles. The molecule has 1 N–H and O–H groups in total. The quantitative estimate of drug-likeness (QED) is 0.615. The van der Waals surface area contributed by atoms with Crippen molar-refractivity contribution < 1.29 is 23.8 Å². The van der Waals surface area contributed by atoms with Crippen LogP contribution in [-0.4, -0.2) is 86.8 Å². The van der Waals surface area contributed by atoms with Crippen molar-refractivity contribution in [1.29, 1.82) is 0 Å². The molecule has 158 valence electrons. The molecular weight excluding hydrogens is 368 g/mol. The molecule has 0 bridgehead atoms. The number of hydrogen-bond acceptors (Lipinski definition) is 5. The number of hydrogen-bond donors (Lipinski definition) is 1. The number of quaternary nitrogens is 1.